The van der Waals surface area contributed by atoms with Gasteiger partial charge in [-0.25, -0.2) is 4.98 Å². The minimum absolute atomic E-state index is 0.0602. The molecule has 7 heteroatoms. The third-order valence-corrected chi connectivity index (χ3v) is 3.71. The maximum atomic E-state index is 11.7. The lowest BCUT2D eigenvalue weighted by atomic mass is 10.3. The fourth-order valence-electron chi connectivity index (χ4n) is 1.22. The lowest BCUT2D eigenvalue weighted by Crippen LogP contribution is -2.26. The number of aromatic nitrogens is 1. The molecule has 17 heavy (non-hydrogen) atoms. The van der Waals surface area contributed by atoms with E-state index in [2.05, 4.69) is 10.3 Å². The van der Waals surface area contributed by atoms with Crippen molar-refractivity contribution in [3.05, 3.63) is 15.6 Å². The molecule has 0 saturated heterocycles. The molecule has 1 aromatic heterocycles. The highest BCUT2D eigenvalue weighted by molar-refractivity contribution is 7.99. The van der Waals surface area contributed by atoms with Crippen LogP contribution in [-0.2, 0) is 4.79 Å². The molecule has 94 valence electrons. The van der Waals surface area contributed by atoms with Crippen molar-refractivity contribution in [2.45, 2.75) is 13.8 Å². The molecule has 0 bridgehead atoms. The molecular weight excluding hydrogens is 260 g/mol. The molecule has 0 aromatic carbocycles. The number of rotatable bonds is 6. The van der Waals surface area contributed by atoms with Crippen LogP contribution in [0.3, 0.4) is 0 Å². The Kier molecular flexibility index (Phi) is 5.43. The van der Waals surface area contributed by atoms with Crippen LogP contribution < -0.4 is 5.32 Å². The SMILES string of the molecule is Cc1nc(C(=O)NCCSCC(=O)O)c(C)s1. The largest absolute Gasteiger partial charge is 0.481 e. The average Bonchev–Trinajstić information content (AvgIpc) is 2.56. The van der Waals surface area contributed by atoms with Gasteiger partial charge >= 0.3 is 5.97 Å². The van der Waals surface area contributed by atoms with Crippen LogP contribution in [0.2, 0.25) is 0 Å². The van der Waals surface area contributed by atoms with Gasteiger partial charge in [-0.05, 0) is 13.8 Å². The lowest BCUT2D eigenvalue weighted by molar-refractivity contribution is -0.133. The smallest absolute Gasteiger partial charge is 0.313 e. The third-order valence-electron chi connectivity index (χ3n) is 1.88. The van der Waals surface area contributed by atoms with E-state index >= 15 is 0 Å². The molecule has 0 aliphatic carbocycles. The summed E-state index contributed by atoms with van der Waals surface area (Å²) < 4.78 is 0. The summed E-state index contributed by atoms with van der Waals surface area (Å²) in [6.07, 6.45) is 0. The quantitative estimate of drug-likeness (QED) is 0.765. The van der Waals surface area contributed by atoms with Crippen LogP contribution >= 0.6 is 23.1 Å². The molecule has 0 spiro atoms. The molecular formula is C10H14N2O3S2. The van der Waals surface area contributed by atoms with Crippen LogP contribution in [0, 0.1) is 13.8 Å². The highest BCUT2D eigenvalue weighted by atomic mass is 32.2. The van der Waals surface area contributed by atoms with Gasteiger partial charge in [-0.3, -0.25) is 9.59 Å². The first kappa shape index (κ1) is 14.0. The van der Waals surface area contributed by atoms with E-state index < -0.39 is 5.97 Å². The summed E-state index contributed by atoms with van der Waals surface area (Å²) in [7, 11) is 0. The van der Waals surface area contributed by atoms with Gasteiger partial charge in [-0.2, -0.15) is 0 Å². The molecule has 0 fully saturated rings. The van der Waals surface area contributed by atoms with Crippen LogP contribution in [0.1, 0.15) is 20.4 Å². The number of carboxylic acid groups (broad SMARTS) is 1. The van der Waals surface area contributed by atoms with Gasteiger partial charge < -0.3 is 10.4 Å². The number of carboxylic acids is 1. The van der Waals surface area contributed by atoms with Crippen LogP contribution in [-0.4, -0.2) is 40.0 Å². The number of nitrogens with one attached hydrogen (secondary N) is 1. The number of carbonyl (C=O) groups is 2. The number of aryl methyl sites for hydroxylation is 2. The van der Waals surface area contributed by atoms with Crippen molar-refractivity contribution in [3.8, 4) is 0 Å². The lowest BCUT2D eigenvalue weighted by Gasteiger charge is -2.02. The fourth-order valence-corrected chi connectivity index (χ4v) is 2.60. The normalized spacial score (nSPS) is 10.2. The Bertz CT molecular complexity index is 418. The summed E-state index contributed by atoms with van der Waals surface area (Å²) in [6, 6.07) is 0. The van der Waals surface area contributed by atoms with Gasteiger partial charge in [0.15, 0.2) is 0 Å². The number of thiazole rings is 1. The average molecular weight is 274 g/mol. The number of carbonyl (C=O) groups excluding carboxylic acids is 1. The van der Waals surface area contributed by atoms with Crippen molar-refractivity contribution in [1.29, 1.82) is 0 Å². The van der Waals surface area contributed by atoms with E-state index in [1.54, 1.807) is 0 Å². The zero-order chi connectivity index (χ0) is 12.8. The zero-order valence-corrected chi connectivity index (χ0v) is 11.3. The van der Waals surface area contributed by atoms with Crippen molar-refractivity contribution in [3.63, 3.8) is 0 Å². The first-order chi connectivity index (χ1) is 8.00. The number of amides is 1. The maximum absolute atomic E-state index is 11.7. The molecule has 0 aliphatic rings. The Hall–Kier alpha value is -1.08. The predicted octanol–water partition coefficient (Wildman–Crippen LogP) is 1.31. The minimum atomic E-state index is -0.840. The number of hydrogen-bond donors (Lipinski definition) is 2. The summed E-state index contributed by atoms with van der Waals surface area (Å²) in [5, 5.41) is 12.0. The van der Waals surface area contributed by atoms with E-state index in [-0.39, 0.29) is 11.7 Å². The number of thioether (sulfide) groups is 1. The van der Waals surface area contributed by atoms with Crippen molar-refractivity contribution >= 4 is 35.0 Å². The van der Waals surface area contributed by atoms with E-state index in [0.717, 1.165) is 9.88 Å². The van der Waals surface area contributed by atoms with Gasteiger partial charge in [0.2, 0.25) is 0 Å². The Morgan fingerprint density at radius 2 is 2.18 bits per heavy atom. The molecule has 5 nitrogen and oxygen atoms in total. The molecule has 0 saturated carbocycles. The van der Waals surface area contributed by atoms with E-state index in [0.29, 0.717) is 18.0 Å². The van der Waals surface area contributed by atoms with Crippen molar-refractivity contribution in [2.75, 3.05) is 18.1 Å². The fraction of sp³-hybridized carbons (Fsp3) is 0.500. The number of hydrogen-bond acceptors (Lipinski definition) is 5. The molecule has 1 heterocycles. The van der Waals surface area contributed by atoms with Crippen LogP contribution in [0.25, 0.3) is 0 Å². The molecule has 0 atom stereocenters. The molecule has 1 aromatic rings. The Labute approximate surface area is 108 Å². The highest BCUT2D eigenvalue weighted by Crippen LogP contribution is 2.15. The highest BCUT2D eigenvalue weighted by Gasteiger charge is 2.12. The molecule has 0 unspecified atom stereocenters. The maximum Gasteiger partial charge on any atom is 0.313 e. The first-order valence-corrected chi connectivity index (χ1v) is 6.99. The predicted molar refractivity (Wildman–Crippen MR) is 68.9 cm³/mol. The Morgan fingerprint density at radius 1 is 1.47 bits per heavy atom. The van der Waals surface area contributed by atoms with Crippen LogP contribution in [0.4, 0.5) is 0 Å². The Balaban J connectivity index is 2.30. The summed E-state index contributed by atoms with van der Waals surface area (Å²) in [6.45, 7) is 4.17. The second-order valence-corrected chi connectivity index (χ2v) is 5.85. The minimum Gasteiger partial charge on any atom is -0.481 e. The number of aliphatic carboxylic acids is 1. The summed E-state index contributed by atoms with van der Waals surface area (Å²) >= 11 is 2.77. The first-order valence-electron chi connectivity index (χ1n) is 5.02. The van der Waals surface area contributed by atoms with E-state index in [9.17, 15) is 9.59 Å². The van der Waals surface area contributed by atoms with Gasteiger partial charge in [0.25, 0.3) is 5.91 Å². The summed E-state index contributed by atoms with van der Waals surface area (Å²) in [5.74, 6) is -0.389. The topological polar surface area (TPSA) is 79.3 Å². The molecule has 1 amide bonds. The molecule has 1 rings (SSSR count). The van der Waals surface area contributed by atoms with Crippen molar-refractivity contribution in [1.82, 2.24) is 10.3 Å². The third kappa shape index (κ3) is 4.74. The van der Waals surface area contributed by atoms with E-state index in [1.807, 2.05) is 13.8 Å². The second-order valence-electron chi connectivity index (χ2n) is 3.34. The standard InChI is InChI=1S/C10H14N2O3S2/c1-6-9(12-7(2)17-6)10(15)11-3-4-16-5-8(13)14/h3-5H2,1-2H3,(H,11,15)(H,13,14). The summed E-state index contributed by atoms with van der Waals surface area (Å²) in [4.78, 5) is 27.0. The van der Waals surface area contributed by atoms with Gasteiger partial charge in [0.1, 0.15) is 5.69 Å². The molecule has 0 radical (unpaired) electrons. The van der Waals surface area contributed by atoms with Crippen molar-refractivity contribution in [2.24, 2.45) is 0 Å². The van der Waals surface area contributed by atoms with Gasteiger partial charge in [-0.15, -0.1) is 23.1 Å². The van der Waals surface area contributed by atoms with Gasteiger partial charge in [0.05, 0.1) is 10.8 Å². The zero-order valence-electron chi connectivity index (χ0n) is 9.65. The molecule has 0 aliphatic heterocycles. The van der Waals surface area contributed by atoms with Gasteiger partial charge in [0, 0.05) is 17.2 Å². The number of nitrogens with zero attached hydrogens (tertiary/aromatic N) is 1. The van der Waals surface area contributed by atoms with Crippen LogP contribution in [0.15, 0.2) is 0 Å². The van der Waals surface area contributed by atoms with E-state index in [1.165, 1.54) is 23.1 Å². The molecule has 2 N–H and O–H groups in total. The second kappa shape index (κ2) is 6.61. The van der Waals surface area contributed by atoms with Gasteiger partial charge in [-0.1, -0.05) is 0 Å². The van der Waals surface area contributed by atoms with E-state index in [4.69, 9.17) is 5.11 Å². The van der Waals surface area contributed by atoms with Crippen molar-refractivity contribution < 1.29 is 14.7 Å². The van der Waals surface area contributed by atoms with Crippen LogP contribution in [0.5, 0.6) is 0 Å². The summed E-state index contributed by atoms with van der Waals surface area (Å²) in [5.41, 5.74) is 0.468. The monoisotopic (exact) mass is 274 g/mol. The Morgan fingerprint density at radius 3 is 2.71 bits per heavy atom.